The Morgan fingerprint density at radius 1 is 1.35 bits per heavy atom. The van der Waals surface area contributed by atoms with Gasteiger partial charge in [0.15, 0.2) is 0 Å². The van der Waals surface area contributed by atoms with Gasteiger partial charge in [0.05, 0.1) is 17.0 Å². The summed E-state index contributed by atoms with van der Waals surface area (Å²) in [5.74, 6) is -0.313. The average molecular weight is 288 g/mol. The minimum absolute atomic E-state index is 0.114. The summed E-state index contributed by atoms with van der Waals surface area (Å²) in [6, 6.07) is 2.84. The molecule has 0 aliphatic heterocycles. The third-order valence-electron chi connectivity index (χ3n) is 1.93. The molecule has 1 aromatic rings. The van der Waals surface area contributed by atoms with Crippen molar-refractivity contribution in [2.45, 2.75) is 13.1 Å². The van der Waals surface area contributed by atoms with E-state index in [4.69, 9.17) is 11.6 Å². The molecule has 0 amide bonds. The minimum Gasteiger partial charge on any atom is -0.283 e. The van der Waals surface area contributed by atoms with Crippen molar-refractivity contribution in [1.82, 2.24) is 0 Å². The van der Waals surface area contributed by atoms with Crippen LogP contribution in [0.25, 0.3) is 0 Å². The highest BCUT2D eigenvalue weighted by atomic mass is 35.5. The maximum atomic E-state index is 12.6. The van der Waals surface area contributed by atoms with Gasteiger partial charge in [0, 0.05) is 5.02 Å². The van der Waals surface area contributed by atoms with Crippen LogP contribution < -0.4 is 4.72 Å². The first-order valence-electron chi connectivity index (χ1n) is 4.53. The normalized spacial score (nSPS) is 12.5. The van der Waals surface area contributed by atoms with Crippen LogP contribution in [0, 0.1) is 0 Å². The van der Waals surface area contributed by atoms with Gasteiger partial charge < -0.3 is 0 Å². The molecule has 0 atom stereocenters. The first-order chi connectivity index (χ1) is 7.65. The maximum absolute atomic E-state index is 12.6. The largest absolute Gasteiger partial charge is 0.418 e. The third kappa shape index (κ3) is 3.78. The first-order valence-corrected chi connectivity index (χ1v) is 6.56. The van der Waals surface area contributed by atoms with Gasteiger partial charge >= 0.3 is 6.18 Å². The summed E-state index contributed by atoms with van der Waals surface area (Å²) >= 11 is 5.45. The molecule has 0 saturated heterocycles. The summed E-state index contributed by atoms with van der Waals surface area (Å²) in [7, 11) is -3.76. The van der Waals surface area contributed by atoms with Crippen LogP contribution in [0.15, 0.2) is 18.2 Å². The lowest BCUT2D eigenvalue weighted by atomic mass is 10.2. The molecule has 0 saturated carbocycles. The number of sulfonamides is 1. The zero-order valence-corrected chi connectivity index (χ0v) is 10.2. The Hall–Kier alpha value is -0.950. The lowest BCUT2D eigenvalue weighted by molar-refractivity contribution is -0.136. The highest BCUT2D eigenvalue weighted by molar-refractivity contribution is 7.92. The van der Waals surface area contributed by atoms with Gasteiger partial charge in [-0.25, -0.2) is 8.42 Å². The van der Waals surface area contributed by atoms with Gasteiger partial charge in [-0.1, -0.05) is 11.6 Å². The fraction of sp³-hybridized carbons (Fsp3) is 0.333. The Morgan fingerprint density at radius 3 is 2.41 bits per heavy atom. The van der Waals surface area contributed by atoms with Gasteiger partial charge in [-0.15, -0.1) is 0 Å². The second-order valence-electron chi connectivity index (χ2n) is 3.19. The van der Waals surface area contributed by atoms with E-state index >= 15 is 0 Å². The Bertz CT molecular complexity index is 513. The maximum Gasteiger partial charge on any atom is 0.418 e. The lowest BCUT2D eigenvalue weighted by Gasteiger charge is -2.14. The predicted molar refractivity (Wildman–Crippen MR) is 59.5 cm³/mol. The molecule has 0 fully saturated rings. The van der Waals surface area contributed by atoms with E-state index in [-0.39, 0.29) is 10.8 Å². The molecule has 0 spiro atoms. The topological polar surface area (TPSA) is 46.2 Å². The van der Waals surface area contributed by atoms with E-state index < -0.39 is 27.5 Å². The van der Waals surface area contributed by atoms with Gasteiger partial charge in [0.2, 0.25) is 10.0 Å². The number of hydrogen-bond donors (Lipinski definition) is 1. The van der Waals surface area contributed by atoms with Crippen molar-refractivity contribution in [1.29, 1.82) is 0 Å². The van der Waals surface area contributed by atoms with Crippen molar-refractivity contribution in [2.75, 3.05) is 10.5 Å². The summed E-state index contributed by atoms with van der Waals surface area (Å²) in [6.45, 7) is 1.32. The lowest BCUT2D eigenvalue weighted by Crippen LogP contribution is -2.18. The molecule has 1 N–H and O–H groups in total. The van der Waals surface area contributed by atoms with Crippen LogP contribution in [0.4, 0.5) is 18.9 Å². The second-order valence-corrected chi connectivity index (χ2v) is 5.64. The smallest absolute Gasteiger partial charge is 0.283 e. The summed E-state index contributed by atoms with van der Waals surface area (Å²) in [5, 5.41) is -0.114. The van der Waals surface area contributed by atoms with Crippen molar-refractivity contribution >= 4 is 27.3 Å². The molecule has 0 aliphatic carbocycles. The second kappa shape index (κ2) is 4.73. The third-order valence-corrected chi connectivity index (χ3v) is 3.46. The van der Waals surface area contributed by atoms with Crippen molar-refractivity contribution in [3.8, 4) is 0 Å². The Morgan fingerprint density at radius 2 is 1.94 bits per heavy atom. The molecular weight excluding hydrogens is 279 g/mol. The molecule has 0 unspecified atom stereocenters. The standard InChI is InChI=1S/C9H9ClF3NO2S/c1-2-17(15,16)14-8-4-3-6(10)5-7(8)9(11,12)13/h3-5,14H,2H2,1H3. The zero-order chi connectivity index (χ0) is 13.3. The minimum atomic E-state index is -4.67. The van der Waals surface area contributed by atoms with Crippen LogP contribution in [-0.4, -0.2) is 14.2 Å². The Labute approximate surface area is 102 Å². The highest BCUT2D eigenvalue weighted by Crippen LogP contribution is 2.36. The van der Waals surface area contributed by atoms with E-state index in [0.717, 1.165) is 6.07 Å². The molecule has 0 aliphatic rings. The molecule has 0 heterocycles. The van der Waals surface area contributed by atoms with E-state index in [2.05, 4.69) is 0 Å². The summed E-state index contributed by atoms with van der Waals surface area (Å²) in [4.78, 5) is 0. The molecule has 1 rings (SSSR count). The van der Waals surface area contributed by atoms with Crippen LogP contribution in [0.1, 0.15) is 12.5 Å². The highest BCUT2D eigenvalue weighted by Gasteiger charge is 2.34. The van der Waals surface area contributed by atoms with E-state index in [0.29, 0.717) is 6.07 Å². The number of benzene rings is 1. The molecule has 96 valence electrons. The predicted octanol–water partition coefficient (Wildman–Crippen LogP) is 3.12. The van der Waals surface area contributed by atoms with Crippen molar-refractivity contribution < 1.29 is 21.6 Å². The quantitative estimate of drug-likeness (QED) is 0.928. The van der Waals surface area contributed by atoms with Crippen molar-refractivity contribution in [3.05, 3.63) is 28.8 Å². The van der Waals surface area contributed by atoms with Gasteiger partial charge in [0.25, 0.3) is 0 Å². The van der Waals surface area contributed by atoms with Crippen molar-refractivity contribution in [2.24, 2.45) is 0 Å². The number of alkyl halides is 3. The van der Waals surface area contributed by atoms with Gasteiger partial charge in [-0.2, -0.15) is 13.2 Å². The summed E-state index contributed by atoms with van der Waals surface area (Å²) in [6.07, 6.45) is -4.67. The van der Waals surface area contributed by atoms with E-state index in [9.17, 15) is 21.6 Å². The molecule has 0 aromatic heterocycles. The molecular formula is C9H9ClF3NO2S. The molecule has 17 heavy (non-hydrogen) atoms. The fourth-order valence-electron chi connectivity index (χ4n) is 1.08. The molecule has 1 aromatic carbocycles. The Balaban J connectivity index is 3.26. The van der Waals surface area contributed by atoms with Gasteiger partial charge in [0.1, 0.15) is 0 Å². The van der Waals surface area contributed by atoms with Crippen LogP contribution >= 0.6 is 11.6 Å². The van der Waals surface area contributed by atoms with Crippen LogP contribution in [-0.2, 0) is 16.2 Å². The molecule has 0 radical (unpaired) electrons. The van der Waals surface area contributed by atoms with Crippen LogP contribution in [0.5, 0.6) is 0 Å². The summed E-state index contributed by atoms with van der Waals surface area (Å²) in [5.41, 5.74) is -1.63. The molecule has 3 nitrogen and oxygen atoms in total. The van der Waals surface area contributed by atoms with Crippen molar-refractivity contribution in [3.63, 3.8) is 0 Å². The zero-order valence-electron chi connectivity index (χ0n) is 8.68. The Kier molecular flexibility index (Phi) is 3.93. The number of rotatable bonds is 3. The number of nitrogens with one attached hydrogen (secondary N) is 1. The molecule has 0 bridgehead atoms. The first kappa shape index (κ1) is 14.1. The van der Waals surface area contributed by atoms with Gasteiger partial charge in [-0.05, 0) is 25.1 Å². The summed E-state index contributed by atoms with van der Waals surface area (Å²) < 4.78 is 62.1. The van der Waals surface area contributed by atoms with Gasteiger partial charge in [-0.3, -0.25) is 4.72 Å². The number of anilines is 1. The molecule has 8 heteroatoms. The van der Waals surface area contributed by atoms with E-state index in [1.165, 1.54) is 13.0 Å². The number of halogens is 4. The van der Waals surface area contributed by atoms with E-state index in [1.807, 2.05) is 4.72 Å². The monoisotopic (exact) mass is 287 g/mol. The van der Waals surface area contributed by atoms with Crippen LogP contribution in [0.3, 0.4) is 0 Å². The SMILES string of the molecule is CCS(=O)(=O)Nc1ccc(Cl)cc1C(F)(F)F. The number of hydrogen-bond acceptors (Lipinski definition) is 2. The van der Waals surface area contributed by atoms with E-state index in [1.54, 1.807) is 0 Å². The average Bonchev–Trinajstić information content (AvgIpc) is 2.19. The fourth-order valence-corrected chi connectivity index (χ4v) is 1.91. The van der Waals surface area contributed by atoms with Crippen LogP contribution in [0.2, 0.25) is 5.02 Å².